The SMILES string of the molecule is CCOC(=O)C(C)(CCO)c1cccc(F)c1. The number of hydrogen-bond donors (Lipinski definition) is 1. The molecule has 3 nitrogen and oxygen atoms in total. The fraction of sp³-hybridized carbons (Fsp3) is 0.462. The third-order valence-electron chi connectivity index (χ3n) is 2.80. The van der Waals surface area contributed by atoms with Gasteiger partial charge in [0.15, 0.2) is 0 Å². The van der Waals surface area contributed by atoms with Crippen molar-refractivity contribution in [2.75, 3.05) is 13.2 Å². The minimum atomic E-state index is -1.01. The molecule has 0 fully saturated rings. The van der Waals surface area contributed by atoms with Crippen LogP contribution in [0, 0.1) is 5.82 Å². The first-order valence-corrected chi connectivity index (χ1v) is 5.58. The Morgan fingerprint density at radius 2 is 2.24 bits per heavy atom. The number of esters is 1. The molecule has 1 aromatic rings. The number of aliphatic hydroxyl groups is 1. The van der Waals surface area contributed by atoms with E-state index < -0.39 is 17.2 Å². The molecule has 1 unspecified atom stereocenters. The summed E-state index contributed by atoms with van der Waals surface area (Å²) in [5, 5.41) is 9.05. The lowest BCUT2D eigenvalue weighted by atomic mass is 9.79. The van der Waals surface area contributed by atoms with Gasteiger partial charge in [0.25, 0.3) is 0 Å². The quantitative estimate of drug-likeness (QED) is 0.801. The zero-order valence-corrected chi connectivity index (χ0v) is 10.1. The van der Waals surface area contributed by atoms with Crippen molar-refractivity contribution in [1.82, 2.24) is 0 Å². The maximum Gasteiger partial charge on any atom is 0.316 e. The molecule has 0 amide bonds. The number of carbonyl (C=O) groups excluding carboxylic acids is 1. The molecular formula is C13H17FO3. The molecule has 0 aromatic heterocycles. The summed E-state index contributed by atoms with van der Waals surface area (Å²) in [5.41, 5.74) is -0.489. The van der Waals surface area contributed by atoms with Crippen LogP contribution in [-0.4, -0.2) is 24.3 Å². The number of carbonyl (C=O) groups is 1. The van der Waals surface area contributed by atoms with Crippen molar-refractivity contribution in [2.24, 2.45) is 0 Å². The summed E-state index contributed by atoms with van der Waals surface area (Å²) in [6.07, 6.45) is 0.204. The molecule has 0 saturated heterocycles. The average Bonchev–Trinajstić information content (AvgIpc) is 2.29. The molecule has 1 atom stereocenters. The number of benzene rings is 1. The molecule has 0 aliphatic carbocycles. The molecule has 0 radical (unpaired) electrons. The smallest absolute Gasteiger partial charge is 0.316 e. The number of aliphatic hydroxyl groups excluding tert-OH is 1. The maximum absolute atomic E-state index is 13.2. The minimum Gasteiger partial charge on any atom is -0.465 e. The molecular weight excluding hydrogens is 223 g/mol. The van der Waals surface area contributed by atoms with Gasteiger partial charge in [-0.3, -0.25) is 4.79 Å². The van der Waals surface area contributed by atoms with Crippen LogP contribution in [0.15, 0.2) is 24.3 Å². The predicted molar refractivity (Wildman–Crippen MR) is 62.1 cm³/mol. The van der Waals surface area contributed by atoms with E-state index in [2.05, 4.69) is 0 Å². The molecule has 0 spiro atoms. The van der Waals surface area contributed by atoms with E-state index in [-0.39, 0.29) is 19.6 Å². The fourth-order valence-corrected chi connectivity index (χ4v) is 1.71. The van der Waals surface area contributed by atoms with Gasteiger partial charge >= 0.3 is 5.97 Å². The van der Waals surface area contributed by atoms with Crippen molar-refractivity contribution in [3.8, 4) is 0 Å². The van der Waals surface area contributed by atoms with Crippen LogP contribution in [0.5, 0.6) is 0 Å². The second-order valence-electron chi connectivity index (χ2n) is 4.04. The van der Waals surface area contributed by atoms with Gasteiger partial charge in [0.1, 0.15) is 5.82 Å². The van der Waals surface area contributed by atoms with E-state index in [4.69, 9.17) is 9.84 Å². The van der Waals surface area contributed by atoms with E-state index in [1.54, 1.807) is 26.0 Å². The summed E-state index contributed by atoms with van der Waals surface area (Å²) >= 11 is 0. The van der Waals surface area contributed by atoms with Crippen LogP contribution >= 0.6 is 0 Å². The Morgan fingerprint density at radius 3 is 2.76 bits per heavy atom. The van der Waals surface area contributed by atoms with Crippen molar-refractivity contribution in [1.29, 1.82) is 0 Å². The van der Waals surface area contributed by atoms with Gasteiger partial charge < -0.3 is 9.84 Å². The lowest BCUT2D eigenvalue weighted by Gasteiger charge is -2.27. The van der Waals surface area contributed by atoms with Crippen LogP contribution in [0.3, 0.4) is 0 Å². The zero-order chi connectivity index (χ0) is 12.9. The highest BCUT2D eigenvalue weighted by Crippen LogP contribution is 2.29. The van der Waals surface area contributed by atoms with E-state index in [9.17, 15) is 9.18 Å². The molecule has 94 valence electrons. The Labute approximate surface area is 100 Å². The van der Waals surface area contributed by atoms with Gasteiger partial charge in [-0.25, -0.2) is 4.39 Å². The van der Waals surface area contributed by atoms with Gasteiger partial charge in [-0.2, -0.15) is 0 Å². The highest BCUT2D eigenvalue weighted by molar-refractivity contribution is 5.82. The van der Waals surface area contributed by atoms with Crippen LogP contribution in [0.1, 0.15) is 25.8 Å². The van der Waals surface area contributed by atoms with Crippen LogP contribution in [0.4, 0.5) is 4.39 Å². The minimum absolute atomic E-state index is 0.161. The molecule has 4 heteroatoms. The molecule has 17 heavy (non-hydrogen) atoms. The first-order chi connectivity index (χ1) is 8.04. The zero-order valence-electron chi connectivity index (χ0n) is 10.1. The summed E-state index contributed by atoms with van der Waals surface area (Å²) in [6.45, 7) is 3.46. The molecule has 0 aliphatic heterocycles. The molecule has 1 N–H and O–H groups in total. The van der Waals surface area contributed by atoms with Crippen LogP contribution in [0.25, 0.3) is 0 Å². The Morgan fingerprint density at radius 1 is 1.53 bits per heavy atom. The van der Waals surface area contributed by atoms with Gasteiger partial charge in [-0.05, 0) is 38.0 Å². The highest BCUT2D eigenvalue weighted by atomic mass is 19.1. The van der Waals surface area contributed by atoms with E-state index in [1.807, 2.05) is 0 Å². The van der Waals surface area contributed by atoms with Gasteiger partial charge in [-0.15, -0.1) is 0 Å². The number of rotatable bonds is 5. The van der Waals surface area contributed by atoms with Crippen molar-refractivity contribution < 1.29 is 19.0 Å². The Bertz CT molecular complexity index is 392. The average molecular weight is 240 g/mol. The Balaban J connectivity index is 3.10. The third kappa shape index (κ3) is 3.03. The van der Waals surface area contributed by atoms with Gasteiger partial charge in [-0.1, -0.05) is 12.1 Å². The number of ether oxygens (including phenoxy) is 1. The summed E-state index contributed by atoms with van der Waals surface area (Å²) in [6, 6.07) is 5.82. The summed E-state index contributed by atoms with van der Waals surface area (Å²) in [7, 11) is 0. The normalized spacial score (nSPS) is 14.1. The van der Waals surface area contributed by atoms with E-state index in [0.717, 1.165) is 0 Å². The van der Waals surface area contributed by atoms with Crippen LogP contribution in [-0.2, 0) is 14.9 Å². The van der Waals surface area contributed by atoms with Crippen molar-refractivity contribution in [3.05, 3.63) is 35.6 Å². The highest BCUT2D eigenvalue weighted by Gasteiger charge is 2.36. The lowest BCUT2D eigenvalue weighted by molar-refractivity contribution is -0.150. The van der Waals surface area contributed by atoms with Crippen molar-refractivity contribution in [3.63, 3.8) is 0 Å². The van der Waals surface area contributed by atoms with Gasteiger partial charge in [0, 0.05) is 6.61 Å². The third-order valence-corrected chi connectivity index (χ3v) is 2.80. The second kappa shape index (κ2) is 5.77. The topological polar surface area (TPSA) is 46.5 Å². The number of hydrogen-bond acceptors (Lipinski definition) is 3. The predicted octanol–water partition coefficient (Wildman–Crippen LogP) is 2.03. The first kappa shape index (κ1) is 13.6. The second-order valence-corrected chi connectivity index (χ2v) is 4.04. The Kier molecular flexibility index (Phi) is 4.63. The molecule has 0 saturated carbocycles. The molecule has 0 aliphatic rings. The molecule has 1 aromatic carbocycles. The van der Waals surface area contributed by atoms with Crippen LogP contribution in [0.2, 0.25) is 0 Å². The standard InChI is InChI=1S/C13H17FO3/c1-3-17-12(16)13(2,7-8-15)10-5-4-6-11(14)9-10/h4-6,9,15H,3,7-8H2,1-2H3. The molecule has 0 bridgehead atoms. The fourth-order valence-electron chi connectivity index (χ4n) is 1.71. The van der Waals surface area contributed by atoms with Crippen LogP contribution < -0.4 is 0 Å². The number of halogens is 1. The van der Waals surface area contributed by atoms with Gasteiger partial charge in [0.05, 0.1) is 12.0 Å². The van der Waals surface area contributed by atoms with Gasteiger partial charge in [0.2, 0.25) is 0 Å². The summed E-state index contributed by atoms with van der Waals surface area (Å²) in [5.74, 6) is -0.851. The summed E-state index contributed by atoms with van der Waals surface area (Å²) < 4.78 is 18.2. The van der Waals surface area contributed by atoms with E-state index >= 15 is 0 Å². The lowest BCUT2D eigenvalue weighted by Crippen LogP contribution is -2.35. The molecule has 1 rings (SSSR count). The largest absolute Gasteiger partial charge is 0.465 e. The maximum atomic E-state index is 13.2. The van der Waals surface area contributed by atoms with E-state index in [1.165, 1.54) is 12.1 Å². The molecule has 0 heterocycles. The monoisotopic (exact) mass is 240 g/mol. The first-order valence-electron chi connectivity index (χ1n) is 5.58. The van der Waals surface area contributed by atoms with E-state index in [0.29, 0.717) is 5.56 Å². The summed E-state index contributed by atoms with van der Waals surface area (Å²) in [4.78, 5) is 11.9. The van der Waals surface area contributed by atoms with Crippen molar-refractivity contribution >= 4 is 5.97 Å². The Hall–Kier alpha value is -1.42. The van der Waals surface area contributed by atoms with Crippen molar-refractivity contribution in [2.45, 2.75) is 25.7 Å².